The third-order valence-corrected chi connectivity index (χ3v) is 9.51. The Kier molecular flexibility index (Phi) is 10.9. The van der Waals surface area contributed by atoms with Crippen LogP contribution < -0.4 is 36.4 Å². The van der Waals surface area contributed by atoms with Gasteiger partial charge in [-0.2, -0.15) is 0 Å². The van der Waals surface area contributed by atoms with E-state index in [0.717, 1.165) is 35.5 Å². The molecular formula is C40H47N9O6. The predicted octanol–water partition coefficient (Wildman–Crippen LogP) is 5.18. The summed E-state index contributed by atoms with van der Waals surface area (Å²) in [6, 6.07) is 18.3. The van der Waals surface area contributed by atoms with Crippen LogP contribution in [0, 0.1) is 5.92 Å². The number of pyridine rings is 2. The number of carbonyl (C=O) groups excluding carboxylic acids is 3. The molecule has 0 bridgehead atoms. The lowest BCUT2D eigenvalue weighted by molar-refractivity contribution is 0.0481. The zero-order valence-electron chi connectivity index (χ0n) is 31.4. The monoisotopic (exact) mass is 749 g/mol. The third-order valence-electron chi connectivity index (χ3n) is 9.51. The summed E-state index contributed by atoms with van der Waals surface area (Å²) in [6.45, 7) is 11.4. The van der Waals surface area contributed by atoms with Gasteiger partial charge in [-0.25, -0.2) is 14.6 Å². The van der Waals surface area contributed by atoms with E-state index in [1.165, 1.54) is 0 Å². The van der Waals surface area contributed by atoms with Crippen molar-refractivity contribution in [1.82, 2.24) is 25.9 Å². The molecule has 3 aliphatic heterocycles. The lowest BCUT2D eigenvalue weighted by atomic mass is 9.89. The molecule has 5 N–H and O–H groups in total. The molecule has 3 atom stereocenters. The average Bonchev–Trinajstić information content (AvgIpc) is 3.99. The van der Waals surface area contributed by atoms with E-state index in [2.05, 4.69) is 48.3 Å². The van der Waals surface area contributed by atoms with Crippen LogP contribution in [0.2, 0.25) is 0 Å². The Bertz CT molecular complexity index is 2070. The summed E-state index contributed by atoms with van der Waals surface area (Å²) in [5, 5.41) is 16.2. The number of piperidine rings is 1. The Hall–Kier alpha value is -6.09. The molecule has 0 saturated carbocycles. The first kappa shape index (κ1) is 37.2. The van der Waals surface area contributed by atoms with E-state index in [9.17, 15) is 14.4 Å². The minimum atomic E-state index is -0.725. The number of anilines is 4. The van der Waals surface area contributed by atoms with Crippen molar-refractivity contribution >= 4 is 51.7 Å². The summed E-state index contributed by atoms with van der Waals surface area (Å²) in [5.41, 5.74) is 3.05. The van der Waals surface area contributed by atoms with Crippen molar-refractivity contribution in [2.45, 2.75) is 52.0 Å². The molecule has 15 nitrogen and oxygen atoms in total. The second kappa shape index (κ2) is 16.1. The van der Waals surface area contributed by atoms with Gasteiger partial charge in [0.15, 0.2) is 5.69 Å². The normalized spacial score (nSPS) is 19.4. The number of nitrogens with zero attached hydrogens (tertiary/aromatic N) is 4. The SMILES string of the molecule is C[C@H]1CN(c2ccncc2NC(=O)c2nc3cc(N4CCOCC4)ccc3cc2NC(=O)OCc2ccccc2)C[C@@H](NC(=O)OC(C)(C)C)[C@H]1NC1=CN1. The van der Waals surface area contributed by atoms with Crippen LogP contribution in [-0.4, -0.2) is 85.1 Å². The molecule has 15 heteroatoms. The van der Waals surface area contributed by atoms with Gasteiger partial charge in [-0.05, 0) is 56.5 Å². The van der Waals surface area contributed by atoms with Crippen LogP contribution >= 0.6 is 0 Å². The minimum absolute atomic E-state index is 0.00375. The first-order chi connectivity index (χ1) is 26.5. The van der Waals surface area contributed by atoms with Gasteiger partial charge in [0.1, 0.15) is 18.0 Å². The van der Waals surface area contributed by atoms with Crippen molar-refractivity contribution in [3.8, 4) is 0 Å². The number of alkyl carbamates (subject to hydrolysis) is 1. The molecule has 2 aromatic carbocycles. The number of hydrogen-bond donors (Lipinski definition) is 5. The van der Waals surface area contributed by atoms with Crippen LogP contribution in [0.15, 0.2) is 85.1 Å². The van der Waals surface area contributed by atoms with Crippen molar-refractivity contribution in [3.05, 3.63) is 96.3 Å². The molecule has 0 aliphatic carbocycles. The summed E-state index contributed by atoms with van der Waals surface area (Å²) < 4.78 is 16.7. The smallest absolute Gasteiger partial charge is 0.412 e. The molecule has 3 amide bonds. The Morgan fingerprint density at radius 3 is 2.47 bits per heavy atom. The van der Waals surface area contributed by atoms with Gasteiger partial charge in [-0.15, -0.1) is 0 Å². The van der Waals surface area contributed by atoms with E-state index < -0.39 is 23.7 Å². The van der Waals surface area contributed by atoms with E-state index in [1.807, 2.05) is 81.6 Å². The predicted molar refractivity (Wildman–Crippen MR) is 210 cm³/mol. The fraction of sp³-hybridized carbons (Fsp3) is 0.375. The number of rotatable bonds is 10. The van der Waals surface area contributed by atoms with E-state index in [-0.39, 0.29) is 36.0 Å². The quantitative estimate of drug-likeness (QED) is 0.144. The zero-order chi connectivity index (χ0) is 38.5. The second-order valence-electron chi connectivity index (χ2n) is 14.9. The van der Waals surface area contributed by atoms with Crippen molar-refractivity contribution in [3.63, 3.8) is 0 Å². The van der Waals surface area contributed by atoms with Crippen molar-refractivity contribution in [1.29, 1.82) is 0 Å². The highest BCUT2D eigenvalue weighted by molar-refractivity contribution is 6.11. The number of hydrogen-bond acceptors (Lipinski definition) is 12. The molecule has 4 aromatic rings. The first-order valence-corrected chi connectivity index (χ1v) is 18.5. The van der Waals surface area contributed by atoms with Crippen LogP contribution in [-0.2, 0) is 20.8 Å². The molecule has 0 spiro atoms. The largest absolute Gasteiger partial charge is 0.444 e. The molecule has 55 heavy (non-hydrogen) atoms. The van der Waals surface area contributed by atoms with Crippen molar-refractivity contribution in [2.75, 3.05) is 59.8 Å². The van der Waals surface area contributed by atoms with Crippen LogP contribution in [0.5, 0.6) is 0 Å². The highest BCUT2D eigenvalue weighted by Gasteiger charge is 2.38. The van der Waals surface area contributed by atoms with Gasteiger partial charge in [0, 0.05) is 49.6 Å². The van der Waals surface area contributed by atoms with Gasteiger partial charge in [-0.1, -0.05) is 43.3 Å². The lowest BCUT2D eigenvalue weighted by Gasteiger charge is -2.44. The topological polar surface area (TPSA) is 181 Å². The summed E-state index contributed by atoms with van der Waals surface area (Å²) in [7, 11) is 0. The minimum Gasteiger partial charge on any atom is -0.444 e. The average molecular weight is 750 g/mol. The Labute approximate surface area is 319 Å². The van der Waals surface area contributed by atoms with Crippen LogP contribution in [0.25, 0.3) is 10.9 Å². The lowest BCUT2D eigenvalue weighted by Crippen LogP contribution is -2.63. The molecule has 7 rings (SSSR count). The molecule has 0 radical (unpaired) electrons. The Balaban J connectivity index is 1.16. The van der Waals surface area contributed by atoms with E-state index in [0.29, 0.717) is 43.2 Å². The van der Waals surface area contributed by atoms with Crippen molar-refractivity contribution < 1.29 is 28.6 Å². The maximum absolute atomic E-state index is 14.3. The number of amides is 3. The fourth-order valence-corrected chi connectivity index (χ4v) is 6.87. The molecule has 5 heterocycles. The van der Waals surface area contributed by atoms with Gasteiger partial charge >= 0.3 is 12.2 Å². The van der Waals surface area contributed by atoms with E-state index >= 15 is 0 Å². The van der Waals surface area contributed by atoms with E-state index in [4.69, 9.17) is 19.2 Å². The highest BCUT2D eigenvalue weighted by atomic mass is 16.6. The Morgan fingerprint density at radius 2 is 1.73 bits per heavy atom. The fourth-order valence-electron chi connectivity index (χ4n) is 6.87. The summed E-state index contributed by atoms with van der Waals surface area (Å²) in [5.74, 6) is 0.423. The zero-order valence-corrected chi connectivity index (χ0v) is 31.4. The van der Waals surface area contributed by atoms with Gasteiger partial charge in [0.05, 0.1) is 54.1 Å². The van der Waals surface area contributed by atoms with Crippen LogP contribution in [0.1, 0.15) is 43.7 Å². The maximum Gasteiger partial charge on any atom is 0.412 e. The first-order valence-electron chi connectivity index (χ1n) is 18.5. The molecule has 288 valence electrons. The molecule has 3 aliphatic rings. The molecular weight excluding hydrogens is 702 g/mol. The number of morpholine rings is 1. The number of ether oxygens (including phenoxy) is 3. The summed E-state index contributed by atoms with van der Waals surface area (Å²) in [6.07, 6.45) is 3.87. The molecule has 2 aromatic heterocycles. The summed E-state index contributed by atoms with van der Waals surface area (Å²) >= 11 is 0. The van der Waals surface area contributed by atoms with Crippen LogP contribution in [0.4, 0.5) is 32.3 Å². The maximum atomic E-state index is 14.3. The Morgan fingerprint density at radius 1 is 0.945 bits per heavy atom. The summed E-state index contributed by atoms with van der Waals surface area (Å²) in [4.78, 5) is 53.9. The van der Waals surface area contributed by atoms with Gasteiger partial charge in [0.2, 0.25) is 0 Å². The van der Waals surface area contributed by atoms with Gasteiger partial charge in [0.25, 0.3) is 5.91 Å². The number of benzene rings is 2. The van der Waals surface area contributed by atoms with Gasteiger partial charge in [-0.3, -0.25) is 15.1 Å². The number of carbonyl (C=O) groups is 3. The second-order valence-corrected chi connectivity index (χ2v) is 14.9. The van der Waals surface area contributed by atoms with Crippen molar-refractivity contribution in [2.24, 2.45) is 5.92 Å². The van der Waals surface area contributed by atoms with E-state index in [1.54, 1.807) is 18.5 Å². The van der Waals surface area contributed by atoms with Crippen LogP contribution in [0.3, 0.4) is 0 Å². The van der Waals surface area contributed by atoms with Gasteiger partial charge < -0.3 is 45.3 Å². The number of nitrogens with one attached hydrogen (secondary N) is 5. The standard InChI is InChI=1S/C40H47N9O6/c1-25-22-49(23-32(35(25)47-34-21-42-34)46-39(52)55-40(2,3)4)33-12-13-41-20-31(33)44-37(50)36-30(45-38(51)54-24-26-8-6-5-7-9-26)18-27-10-11-28(19-29(27)43-36)48-14-16-53-17-15-48/h5-13,18-21,25,32,35,42,47H,14-17,22-24H2,1-4H3,(H,44,50)(H,45,51)(H,46,52)/t25-,32+,35-/m0/s1. The molecule has 2 fully saturated rings. The molecule has 0 unspecified atom stereocenters. The molecule has 2 saturated heterocycles. The highest BCUT2D eigenvalue weighted by Crippen LogP contribution is 2.32. The third kappa shape index (κ3) is 9.54. The number of fused-ring (bicyclic) bond motifs is 1. The number of aromatic nitrogens is 2.